The molecule has 0 amide bonds. The average Bonchev–Trinajstić information content (AvgIpc) is 2.47. The Morgan fingerprint density at radius 3 is 2.30 bits per heavy atom. The molecule has 3 nitrogen and oxygen atoms in total. The van der Waals surface area contributed by atoms with Gasteiger partial charge < -0.3 is 9.72 Å². The molecule has 0 fully saturated rings. The van der Waals surface area contributed by atoms with Crippen molar-refractivity contribution in [3.8, 4) is 11.3 Å². The average molecular weight is 313 g/mol. The van der Waals surface area contributed by atoms with Crippen LogP contribution in [0.5, 0.6) is 0 Å². The molecule has 1 N–H and O–H groups in total. The van der Waals surface area contributed by atoms with Crippen LogP contribution in [-0.4, -0.2) is 12.1 Å². The van der Waals surface area contributed by atoms with Crippen LogP contribution in [0, 0.1) is 20.8 Å². The Morgan fingerprint density at radius 1 is 1.13 bits per heavy atom. The minimum atomic E-state index is 0.0670. The van der Waals surface area contributed by atoms with Gasteiger partial charge in [0.2, 0.25) is 0 Å². The van der Waals surface area contributed by atoms with E-state index in [9.17, 15) is 4.79 Å². The number of ether oxygens (including phenoxy) is 1. The molecule has 1 heterocycles. The molecule has 0 atom stereocenters. The Balaban J connectivity index is 2.69. The maximum Gasteiger partial charge on any atom is 0.190 e. The van der Waals surface area contributed by atoms with Gasteiger partial charge in [-0.1, -0.05) is 39.0 Å². The summed E-state index contributed by atoms with van der Waals surface area (Å²) in [5.74, 6) is 0. The topological polar surface area (TPSA) is 42.1 Å². The summed E-state index contributed by atoms with van der Waals surface area (Å²) in [6.07, 6.45) is 0. The van der Waals surface area contributed by atoms with E-state index < -0.39 is 0 Å². The van der Waals surface area contributed by atoms with Crippen molar-refractivity contribution in [1.29, 1.82) is 0 Å². The minimum absolute atomic E-state index is 0.0670. The van der Waals surface area contributed by atoms with E-state index in [0.717, 1.165) is 28.1 Å². The number of H-pyrrole nitrogens is 1. The zero-order valence-corrected chi connectivity index (χ0v) is 15.3. The lowest BCUT2D eigenvalue weighted by Crippen LogP contribution is -2.18. The van der Waals surface area contributed by atoms with Crippen molar-refractivity contribution in [3.63, 3.8) is 0 Å². The van der Waals surface area contributed by atoms with Gasteiger partial charge in [0.25, 0.3) is 0 Å². The van der Waals surface area contributed by atoms with Gasteiger partial charge in [0.05, 0.1) is 12.3 Å². The number of hydrogen-bond acceptors (Lipinski definition) is 2. The summed E-state index contributed by atoms with van der Waals surface area (Å²) in [5.41, 5.74) is 6.92. The van der Waals surface area contributed by atoms with Crippen LogP contribution in [0.1, 0.15) is 48.7 Å². The molecule has 1 aromatic heterocycles. The summed E-state index contributed by atoms with van der Waals surface area (Å²) < 4.78 is 5.26. The number of aromatic amines is 1. The first-order valence-electron chi connectivity index (χ1n) is 7.99. The molecule has 0 aliphatic carbocycles. The van der Waals surface area contributed by atoms with Crippen LogP contribution < -0.4 is 5.43 Å². The van der Waals surface area contributed by atoms with Gasteiger partial charge in [-0.3, -0.25) is 4.79 Å². The van der Waals surface area contributed by atoms with Crippen LogP contribution in [0.4, 0.5) is 0 Å². The molecule has 0 bridgehead atoms. The SMILES string of the molecule is COCc1c(-c2ccc(C(C)(C)C)cc2C)[nH]c(C)c(C)c1=O. The molecular formula is C20H27NO2. The van der Waals surface area contributed by atoms with Crippen molar-refractivity contribution in [1.82, 2.24) is 4.98 Å². The second kappa shape index (κ2) is 6.32. The molecule has 0 unspecified atom stereocenters. The van der Waals surface area contributed by atoms with E-state index in [1.807, 2.05) is 13.8 Å². The van der Waals surface area contributed by atoms with E-state index in [4.69, 9.17) is 4.74 Å². The Kier molecular flexibility index (Phi) is 4.81. The van der Waals surface area contributed by atoms with E-state index in [2.05, 4.69) is 50.9 Å². The first kappa shape index (κ1) is 17.5. The lowest BCUT2D eigenvalue weighted by Gasteiger charge is -2.21. The van der Waals surface area contributed by atoms with E-state index in [1.165, 1.54) is 5.56 Å². The monoisotopic (exact) mass is 313 g/mol. The van der Waals surface area contributed by atoms with Crippen LogP contribution in [0.3, 0.4) is 0 Å². The fourth-order valence-electron chi connectivity index (χ4n) is 2.79. The van der Waals surface area contributed by atoms with Gasteiger partial charge in [0.1, 0.15) is 0 Å². The van der Waals surface area contributed by atoms with E-state index in [-0.39, 0.29) is 10.8 Å². The number of pyridine rings is 1. The van der Waals surface area contributed by atoms with Crippen molar-refractivity contribution in [2.75, 3.05) is 7.11 Å². The summed E-state index contributed by atoms with van der Waals surface area (Å²) >= 11 is 0. The summed E-state index contributed by atoms with van der Waals surface area (Å²) in [4.78, 5) is 16.0. The maximum atomic E-state index is 12.6. The number of benzene rings is 1. The third kappa shape index (κ3) is 3.40. The molecular weight excluding hydrogens is 286 g/mol. The van der Waals surface area contributed by atoms with Crippen molar-refractivity contribution in [2.45, 2.75) is 53.6 Å². The highest BCUT2D eigenvalue weighted by Crippen LogP contribution is 2.30. The number of rotatable bonds is 3. The van der Waals surface area contributed by atoms with Gasteiger partial charge >= 0.3 is 0 Å². The molecule has 23 heavy (non-hydrogen) atoms. The van der Waals surface area contributed by atoms with Crippen LogP contribution >= 0.6 is 0 Å². The predicted molar refractivity (Wildman–Crippen MR) is 96.1 cm³/mol. The molecule has 0 spiro atoms. The van der Waals surface area contributed by atoms with E-state index >= 15 is 0 Å². The standard InChI is InChI=1S/C20H27NO2/c1-12-10-15(20(4,5)6)8-9-16(12)18-17(11-23-7)19(22)13(2)14(3)21-18/h8-10H,11H2,1-7H3,(H,21,22). The highest BCUT2D eigenvalue weighted by molar-refractivity contribution is 5.68. The zero-order chi connectivity index (χ0) is 17.4. The molecule has 124 valence electrons. The van der Waals surface area contributed by atoms with Crippen LogP contribution in [0.25, 0.3) is 11.3 Å². The molecule has 0 radical (unpaired) electrons. The highest BCUT2D eigenvalue weighted by atomic mass is 16.5. The van der Waals surface area contributed by atoms with Gasteiger partial charge in [-0.25, -0.2) is 0 Å². The minimum Gasteiger partial charge on any atom is -0.380 e. The summed E-state index contributed by atoms with van der Waals surface area (Å²) in [5, 5.41) is 0. The Hall–Kier alpha value is -1.87. The van der Waals surface area contributed by atoms with Crippen molar-refractivity contribution >= 4 is 0 Å². The molecule has 0 saturated heterocycles. The predicted octanol–water partition coefficient (Wildman–Crippen LogP) is 4.41. The molecule has 1 aromatic carbocycles. The molecule has 0 aliphatic heterocycles. The lowest BCUT2D eigenvalue weighted by molar-refractivity contribution is 0.184. The quantitative estimate of drug-likeness (QED) is 0.912. The first-order chi connectivity index (χ1) is 10.7. The lowest BCUT2D eigenvalue weighted by atomic mass is 9.84. The van der Waals surface area contributed by atoms with E-state index in [1.54, 1.807) is 7.11 Å². The fraction of sp³-hybridized carbons (Fsp3) is 0.450. The largest absolute Gasteiger partial charge is 0.380 e. The van der Waals surface area contributed by atoms with Gasteiger partial charge in [-0.2, -0.15) is 0 Å². The molecule has 0 aliphatic rings. The Morgan fingerprint density at radius 2 is 1.78 bits per heavy atom. The molecule has 0 saturated carbocycles. The second-order valence-corrected chi connectivity index (χ2v) is 7.27. The Labute approximate surface area is 138 Å². The zero-order valence-electron chi connectivity index (χ0n) is 15.3. The smallest absolute Gasteiger partial charge is 0.190 e. The summed E-state index contributed by atoms with van der Waals surface area (Å²) in [6.45, 7) is 12.8. The third-order valence-electron chi connectivity index (χ3n) is 4.44. The van der Waals surface area contributed by atoms with Crippen molar-refractivity contribution < 1.29 is 4.74 Å². The highest BCUT2D eigenvalue weighted by Gasteiger charge is 2.18. The third-order valence-corrected chi connectivity index (χ3v) is 4.44. The normalized spacial score (nSPS) is 11.8. The van der Waals surface area contributed by atoms with E-state index in [0.29, 0.717) is 12.2 Å². The maximum absolute atomic E-state index is 12.6. The van der Waals surface area contributed by atoms with Gasteiger partial charge in [-0.15, -0.1) is 0 Å². The number of nitrogens with one attached hydrogen (secondary N) is 1. The summed E-state index contributed by atoms with van der Waals surface area (Å²) in [7, 11) is 1.62. The summed E-state index contributed by atoms with van der Waals surface area (Å²) in [6, 6.07) is 6.46. The van der Waals surface area contributed by atoms with Crippen molar-refractivity contribution in [2.24, 2.45) is 0 Å². The van der Waals surface area contributed by atoms with Crippen LogP contribution in [0.2, 0.25) is 0 Å². The van der Waals surface area contributed by atoms with Gasteiger partial charge in [-0.05, 0) is 37.3 Å². The number of methoxy groups -OCH3 is 1. The van der Waals surface area contributed by atoms with Gasteiger partial charge in [0.15, 0.2) is 5.43 Å². The van der Waals surface area contributed by atoms with Crippen LogP contribution in [-0.2, 0) is 16.8 Å². The number of hydrogen-bond donors (Lipinski definition) is 1. The van der Waals surface area contributed by atoms with Gasteiger partial charge in [0, 0.05) is 29.5 Å². The first-order valence-corrected chi connectivity index (χ1v) is 7.99. The van der Waals surface area contributed by atoms with Crippen LogP contribution in [0.15, 0.2) is 23.0 Å². The molecule has 3 heteroatoms. The van der Waals surface area contributed by atoms with Crippen molar-refractivity contribution in [3.05, 3.63) is 56.4 Å². The number of aryl methyl sites for hydroxylation is 2. The number of aromatic nitrogens is 1. The fourth-order valence-corrected chi connectivity index (χ4v) is 2.79. The molecule has 2 aromatic rings. The second-order valence-electron chi connectivity index (χ2n) is 7.27. The Bertz CT molecular complexity index is 779. The molecule has 2 rings (SSSR count).